The molecule has 0 aliphatic rings. The van der Waals surface area contributed by atoms with Gasteiger partial charge in [0.15, 0.2) is 0 Å². The topological polar surface area (TPSA) is 60.9 Å². The summed E-state index contributed by atoms with van der Waals surface area (Å²) in [5.74, 6) is 0.357. The number of imidazole rings is 1. The lowest BCUT2D eigenvalue weighted by Gasteiger charge is -2.07. The Bertz CT molecular complexity index is 795. The minimum atomic E-state index is -0.385. The third-order valence-corrected chi connectivity index (χ3v) is 3.54. The van der Waals surface area contributed by atoms with Gasteiger partial charge < -0.3 is 10.3 Å². The summed E-state index contributed by atoms with van der Waals surface area (Å²) in [6, 6.07) is 15.5. The van der Waals surface area contributed by atoms with Crippen molar-refractivity contribution in [2.75, 3.05) is 0 Å². The van der Waals surface area contributed by atoms with Gasteiger partial charge in [0.1, 0.15) is 12.4 Å². The highest BCUT2D eigenvalue weighted by Gasteiger charge is 2.13. The zero-order chi connectivity index (χ0) is 14.1. The lowest BCUT2D eigenvalue weighted by Crippen LogP contribution is -2.19. The number of fused-ring (bicyclic) bond motifs is 1. The van der Waals surface area contributed by atoms with Crippen LogP contribution in [0.1, 0.15) is 0 Å². The van der Waals surface area contributed by atoms with E-state index in [0.717, 1.165) is 26.9 Å². The second kappa shape index (κ2) is 5.09. The maximum absolute atomic E-state index is 11.3. The summed E-state index contributed by atoms with van der Waals surface area (Å²) in [5, 5.41) is 0. The predicted octanol–water partition coefficient (Wildman–Crippen LogP) is 2.95. The molecule has 1 amide bonds. The van der Waals surface area contributed by atoms with Crippen LogP contribution in [0.5, 0.6) is 0 Å². The molecule has 3 aromatic rings. The van der Waals surface area contributed by atoms with Crippen molar-refractivity contribution in [3.63, 3.8) is 0 Å². The predicted molar refractivity (Wildman–Crippen MR) is 82.1 cm³/mol. The first-order chi connectivity index (χ1) is 9.65. The van der Waals surface area contributed by atoms with E-state index in [9.17, 15) is 4.79 Å². The van der Waals surface area contributed by atoms with Gasteiger partial charge in [-0.15, -0.1) is 0 Å². The number of hydrogen-bond acceptors (Lipinski definition) is 2. The van der Waals surface area contributed by atoms with Crippen LogP contribution >= 0.6 is 15.9 Å². The standard InChI is InChI=1S/C15H12BrN3O/c16-11-5-3-4-10(8-11)15-18-12-6-1-2-7-13(12)19(15)9-14(17)20/h1-8H,9H2,(H2,17,20). The molecular formula is C15H12BrN3O. The fourth-order valence-corrected chi connectivity index (χ4v) is 2.64. The number of carbonyl (C=O) groups excluding carboxylic acids is 1. The third-order valence-electron chi connectivity index (χ3n) is 3.05. The van der Waals surface area contributed by atoms with E-state index in [1.165, 1.54) is 0 Å². The minimum absolute atomic E-state index is 0.113. The number of hydrogen-bond donors (Lipinski definition) is 1. The van der Waals surface area contributed by atoms with Crippen LogP contribution in [0.3, 0.4) is 0 Å². The number of halogens is 1. The van der Waals surface area contributed by atoms with Gasteiger partial charge in [-0.3, -0.25) is 4.79 Å². The third kappa shape index (κ3) is 2.32. The van der Waals surface area contributed by atoms with E-state index in [-0.39, 0.29) is 12.5 Å². The van der Waals surface area contributed by atoms with Crippen molar-refractivity contribution in [3.8, 4) is 11.4 Å². The van der Waals surface area contributed by atoms with E-state index in [1.807, 2.05) is 53.1 Å². The summed E-state index contributed by atoms with van der Waals surface area (Å²) in [4.78, 5) is 15.9. The largest absolute Gasteiger partial charge is 0.368 e. The summed E-state index contributed by atoms with van der Waals surface area (Å²) >= 11 is 3.45. The maximum atomic E-state index is 11.3. The van der Waals surface area contributed by atoms with E-state index in [4.69, 9.17) is 5.73 Å². The van der Waals surface area contributed by atoms with Crippen LogP contribution < -0.4 is 5.73 Å². The van der Waals surface area contributed by atoms with Gasteiger partial charge in [-0.25, -0.2) is 4.98 Å². The summed E-state index contributed by atoms with van der Waals surface area (Å²) in [6.45, 7) is 0.113. The fourth-order valence-electron chi connectivity index (χ4n) is 2.24. The molecule has 0 aliphatic carbocycles. The van der Waals surface area contributed by atoms with Gasteiger partial charge in [0.25, 0.3) is 0 Å². The average molecular weight is 330 g/mol. The molecule has 0 saturated carbocycles. The zero-order valence-electron chi connectivity index (χ0n) is 10.6. The van der Waals surface area contributed by atoms with E-state index >= 15 is 0 Å². The molecule has 2 aromatic carbocycles. The molecule has 2 N–H and O–H groups in total. The quantitative estimate of drug-likeness (QED) is 0.803. The first kappa shape index (κ1) is 12.9. The van der Waals surface area contributed by atoms with Crippen molar-refractivity contribution in [2.24, 2.45) is 5.73 Å². The van der Waals surface area contributed by atoms with Crippen LogP contribution in [0.15, 0.2) is 53.0 Å². The Kier molecular flexibility index (Phi) is 3.28. The number of aromatic nitrogens is 2. The summed E-state index contributed by atoms with van der Waals surface area (Å²) in [6.07, 6.45) is 0. The molecule has 0 unspecified atom stereocenters. The van der Waals surface area contributed by atoms with Crippen LogP contribution in [-0.2, 0) is 11.3 Å². The summed E-state index contributed by atoms with van der Waals surface area (Å²) in [5.41, 5.74) is 8.05. The first-order valence-electron chi connectivity index (χ1n) is 6.14. The van der Waals surface area contributed by atoms with Crippen molar-refractivity contribution in [2.45, 2.75) is 6.54 Å². The van der Waals surface area contributed by atoms with Crippen molar-refractivity contribution in [1.29, 1.82) is 0 Å². The molecule has 0 radical (unpaired) electrons. The van der Waals surface area contributed by atoms with E-state index in [2.05, 4.69) is 20.9 Å². The molecule has 0 spiro atoms. The molecule has 0 atom stereocenters. The van der Waals surface area contributed by atoms with Gasteiger partial charge in [-0.05, 0) is 24.3 Å². The SMILES string of the molecule is NC(=O)Cn1c(-c2cccc(Br)c2)nc2ccccc21. The molecule has 4 nitrogen and oxygen atoms in total. The molecular weight excluding hydrogens is 318 g/mol. The number of para-hydroxylation sites is 2. The second-order valence-corrected chi connectivity index (χ2v) is 5.40. The van der Waals surface area contributed by atoms with E-state index < -0.39 is 0 Å². The van der Waals surface area contributed by atoms with Gasteiger partial charge >= 0.3 is 0 Å². The molecule has 20 heavy (non-hydrogen) atoms. The zero-order valence-corrected chi connectivity index (χ0v) is 12.2. The van der Waals surface area contributed by atoms with Crippen LogP contribution in [0.25, 0.3) is 22.4 Å². The molecule has 1 heterocycles. The molecule has 3 rings (SSSR count). The van der Waals surface area contributed by atoms with Gasteiger partial charge in [-0.1, -0.05) is 40.2 Å². The molecule has 0 saturated heterocycles. The Hall–Kier alpha value is -2.14. The van der Waals surface area contributed by atoms with E-state index in [1.54, 1.807) is 0 Å². The van der Waals surface area contributed by atoms with Gasteiger partial charge in [0, 0.05) is 10.0 Å². The maximum Gasteiger partial charge on any atom is 0.237 e. The van der Waals surface area contributed by atoms with Gasteiger partial charge in [0.2, 0.25) is 5.91 Å². The van der Waals surface area contributed by atoms with Crippen LogP contribution in [0.4, 0.5) is 0 Å². The van der Waals surface area contributed by atoms with Crippen LogP contribution in [0.2, 0.25) is 0 Å². The Morgan fingerprint density at radius 1 is 1.20 bits per heavy atom. The van der Waals surface area contributed by atoms with Crippen molar-refractivity contribution in [1.82, 2.24) is 9.55 Å². The number of rotatable bonds is 3. The normalized spacial score (nSPS) is 10.8. The second-order valence-electron chi connectivity index (χ2n) is 4.49. The Balaban J connectivity index is 2.26. The fraction of sp³-hybridized carbons (Fsp3) is 0.0667. The van der Waals surface area contributed by atoms with Crippen LogP contribution in [0, 0.1) is 0 Å². The van der Waals surface area contributed by atoms with Crippen molar-refractivity contribution in [3.05, 3.63) is 53.0 Å². The van der Waals surface area contributed by atoms with Crippen LogP contribution in [-0.4, -0.2) is 15.5 Å². The van der Waals surface area contributed by atoms with E-state index in [0.29, 0.717) is 0 Å². The molecule has 0 bridgehead atoms. The summed E-state index contributed by atoms with van der Waals surface area (Å²) in [7, 11) is 0. The Morgan fingerprint density at radius 2 is 2.00 bits per heavy atom. The Morgan fingerprint density at radius 3 is 2.75 bits per heavy atom. The molecule has 0 aliphatic heterocycles. The minimum Gasteiger partial charge on any atom is -0.368 e. The van der Waals surface area contributed by atoms with Crippen molar-refractivity contribution < 1.29 is 4.79 Å². The average Bonchev–Trinajstić information content (AvgIpc) is 2.77. The Labute approximate surface area is 124 Å². The number of amides is 1. The van der Waals surface area contributed by atoms with Gasteiger partial charge in [-0.2, -0.15) is 0 Å². The lowest BCUT2D eigenvalue weighted by molar-refractivity contribution is -0.118. The highest BCUT2D eigenvalue weighted by Crippen LogP contribution is 2.26. The van der Waals surface area contributed by atoms with Gasteiger partial charge in [0.05, 0.1) is 11.0 Å². The molecule has 0 fully saturated rings. The summed E-state index contributed by atoms with van der Waals surface area (Å²) < 4.78 is 2.81. The molecule has 5 heteroatoms. The molecule has 100 valence electrons. The first-order valence-corrected chi connectivity index (χ1v) is 6.94. The van der Waals surface area contributed by atoms with Crippen molar-refractivity contribution >= 4 is 32.9 Å². The smallest absolute Gasteiger partial charge is 0.237 e. The number of carbonyl (C=O) groups is 1. The highest BCUT2D eigenvalue weighted by atomic mass is 79.9. The number of benzene rings is 2. The highest BCUT2D eigenvalue weighted by molar-refractivity contribution is 9.10. The number of nitrogens with two attached hydrogens (primary N) is 1. The molecule has 1 aromatic heterocycles. The number of primary amides is 1. The number of nitrogens with zero attached hydrogens (tertiary/aromatic N) is 2. The lowest BCUT2D eigenvalue weighted by atomic mass is 10.2. The monoisotopic (exact) mass is 329 g/mol.